The van der Waals surface area contributed by atoms with Crippen molar-refractivity contribution in [1.29, 1.82) is 0 Å². The van der Waals surface area contributed by atoms with Crippen LogP contribution in [0.5, 0.6) is 5.75 Å². The van der Waals surface area contributed by atoms with Crippen LogP contribution < -0.4 is 10.4 Å². The molecule has 176 valence electrons. The third kappa shape index (κ3) is 3.41. The molecule has 4 heterocycles. The fourth-order valence-corrected chi connectivity index (χ4v) is 4.18. The Bertz CT molecular complexity index is 1230. The minimum Gasteiger partial charge on any atom is -0.483 e. The van der Waals surface area contributed by atoms with E-state index < -0.39 is 46.6 Å². The first-order valence-electron chi connectivity index (χ1n) is 10.9. The van der Waals surface area contributed by atoms with E-state index in [9.17, 15) is 14.4 Å². The van der Waals surface area contributed by atoms with Crippen molar-refractivity contribution in [3.63, 3.8) is 0 Å². The molecule has 2 saturated heterocycles. The minimum absolute atomic E-state index is 0.280. The Morgan fingerprint density at radius 2 is 1.48 bits per heavy atom. The van der Waals surface area contributed by atoms with Crippen LogP contribution in [0.25, 0.3) is 11.0 Å². The van der Waals surface area contributed by atoms with Crippen molar-refractivity contribution in [3.8, 4) is 5.75 Å². The molecule has 0 aliphatic carbocycles. The van der Waals surface area contributed by atoms with E-state index >= 15 is 0 Å². The highest BCUT2D eigenvalue weighted by Crippen LogP contribution is 2.48. The van der Waals surface area contributed by atoms with Crippen LogP contribution >= 0.6 is 0 Å². The second-order valence-electron chi connectivity index (χ2n) is 9.77. The van der Waals surface area contributed by atoms with Gasteiger partial charge in [-0.25, -0.2) is 14.4 Å². The van der Waals surface area contributed by atoms with Gasteiger partial charge in [-0.1, -0.05) is 0 Å². The molecule has 0 radical (unpaired) electrons. The van der Waals surface area contributed by atoms with Gasteiger partial charge in [0.2, 0.25) is 0 Å². The van der Waals surface area contributed by atoms with Gasteiger partial charge in [0.05, 0.1) is 12.2 Å². The van der Waals surface area contributed by atoms with Crippen LogP contribution in [0, 0.1) is 0 Å². The second-order valence-corrected chi connectivity index (χ2v) is 9.77. The normalized spacial score (nSPS) is 35.8. The van der Waals surface area contributed by atoms with Gasteiger partial charge in [0.25, 0.3) is 0 Å². The summed E-state index contributed by atoms with van der Waals surface area (Å²) in [4.78, 5) is 37.6. The monoisotopic (exact) mass is 458 g/mol. The van der Waals surface area contributed by atoms with E-state index in [0.717, 1.165) is 0 Å². The molecule has 2 fully saturated rings. The third-order valence-electron chi connectivity index (χ3n) is 6.95. The Labute approximate surface area is 189 Å². The zero-order valence-corrected chi connectivity index (χ0v) is 19.3. The second kappa shape index (κ2) is 6.80. The lowest BCUT2D eigenvalue weighted by molar-refractivity contribution is -0.196. The molecule has 3 aliphatic heterocycles. The lowest BCUT2D eigenvalue weighted by Crippen LogP contribution is -2.53. The van der Waals surface area contributed by atoms with Gasteiger partial charge < -0.3 is 28.1 Å². The van der Waals surface area contributed by atoms with Crippen LogP contribution in [0.4, 0.5) is 0 Å². The van der Waals surface area contributed by atoms with Gasteiger partial charge in [-0.15, -0.1) is 0 Å². The summed E-state index contributed by atoms with van der Waals surface area (Å²) < 4.78 is 34.1. The van der Waals surface area contributed by atoms with Crippen molar-refractivity contribution in [3.05, 3.63) is 40.2 Å². The largest absolute Gasteiger partial charge is 0.483 e. The summed E-state index contributed by atoms with van der Waals surface area (Å²) in [6.07, 6.45) is -2.52. The first-order chi connectivity index (χ1) is 15.3. The Kier molecular flexibility index (Phi) is 4.52. The molecule has 2 aromatic rings. The van der Waals surface area contributed by atoms with Gasteiger partial charge in [-0.3, -0.25) is 0 Å². The molecule has 6 atom stereocenters. The maximum Gasteiger partial charge on any atom is 0.341 e. The summed E-state index contributed by atoms with van der Waals surface area (Å²) in [7, 11) is 0. The molecule has 9 nitrogen and oxygen atoms in total. The number of fused-ring (bicyclic) bond motifs is 2. The minimum atomic E-state index is -1.08. The van der Waals surface area contributed by atoms with Crippen LogP contribution in [0.3, 0.4) is 0 Å². The maximum absolute atomic E-state index is 13.0. The fourth-order valence-electron chi connectivity index (χ4n) is 4.18. The Hall–Kier alpha value is -2.91. The molecule has 0 saturated carbocycles. The molecule has 0 N–H and O–H groups in total. The average molecular weight is 458 g/mol. The quantitative estimate of drug-likeness (QED) is 0.387. The zero-order valence-electron chi connectivity index (χ0n) is 19.3. The first kappa shape index (κ1) is 21.9. The van der Waals surface area contributed by atoms with Gasteiger partial charge in [-0.05, 0) is 53.7 Å². The molecule has 5 rings (SSSR count). The van der Waals surface area contributed by atoms with E-state index in [-0.39, 0.29) is 12.2 Å². The Morgan fingerprint density at radius 1 is 0.909 bits per heavy atom. The van der Waals surface area contributed by atoms with Crippen LogP contribution in [-0.4, -0.2) is 47.1 Å². The molecule has 1 aromatic heterocycles. The molecule has 3 aliphatic rings. The van der Waals surface area contributed by atoms with Gasteiger partial charge in [0.1, 0.15) is 16.9 Å². The van der Waals surface area contributed by atoms with Gasteiger partial charge in [0.15, 0.2) is 23.4 Å². The number of esters is 2. The van der Waals surface area contributed by atoms with E-state index in [4.69, 9.17) is 28.1 Å². The molecular weight excluding hydrogens is 432 g/mol. The van der Waals surface area contributed by atoms with Crippen LogP contribution in [0.1, 0.15) is 53.2 Å². The van der Waals surface area contributed by atoms with Crippen LogP contribution in [0.2, 0.25) is 0 Å². The number of hydrogen-bond acceptors (Lipinski definition) is 9. The van der Waals surface area contributed by atoms with Crippen LogP contribution in [0.15, 0.2) is 33.5 Å². The molecule has 33 heavy (non-hydrogen) atoms. The van der Waals surface area contributed by atoms with Crippen molar-refractivity contribution >= 4 is 22.9 Å². The fraction of sp³-hybridized carbons (Fsp3) is 0.542. The molecular formula is C24H26O9. The zero-order chi connectivity index (χ0) is 23.9. The Balaban J connectivity index is 1.58. The van der Waals surface area contributed by atoms with Crippen molar-refractivity contribution in [2.24, 2.45) is 0 Å². The van der Waals surface area contributed by atoms with Crippen molar-refractivity contribution in [2.45, 2.75) is 82.8 Å². The highest BCUT2D eigenvalue weighted by molar-refractivity contribution is 5.85. The van der Waals surface area contributed by atoms with E-state index in [0.29, 0.717) is 22.3 Å². The summed E-state index contributed by atoms with van der Waals surface area (Å²) in [5.74, 6) is -0.758. The number of rotatable bonds is 4. The number of carbonyl (C=O) groups excluding carboxylic acids is 2. The predicted molar refractivity (Wildman–Crippen MR) is 114 cm³/mol. The standard InChI is InChI=1S/C24H26O9/c1-11-23(5,31-11)20(26)29-18-14-9-13-7-8-17(25)28-15(13)10-16(14)33-22(3,4)19(18)30-21(27)24(6)12(2)32-24/h7-12,18-19H,1-6H3/t11-,12-,18-,19-,23-,24+/m1/s1. The van der Waals surface area contributed by atoms with E-state index in [1.165, 1.54) is 6.07 Å². The van der Waals surface area contributed by atoms with Gasteiger partial charge in [0, 0.05) is 23.1 Å². The number of benzene rings is 1. The third-order valence-corrected chi connectivity index (χ3v) is 6.95. The number of ether oxygens (including phenoxy) is 5. The first-order valence-corrected chi connectivity index (χ1v) is 10.9. The Morgan fingerprint density at radius 3 is 2.06 bits per heavy atom. The number of carbonyl (C=O) groups is 2. The molecule has 0 bridgehead atoms. The summed E-state index contributed by atoms with van der Waals surface area (Å²) >= 11 is 0. The summed E-state index contributed by atoms with van der Waals surface area (Å²) in [6.45, 7) is 10.3. The lowest BCUT2D eigenvalue weighted by atomic mass is 9.87. The molecule has 0 unspecified atom stereocenters. The van der Waals surface area contributed by atoms with E-state index in [2.05, 4.69) is 0 Å². The summed E-state index contributed by atoms with van der Waals surface area (Å²) in [6, 6.07) is 6.20. The lowest BCUT2D eigenvalue weighted by Gasteiger charge is -2.43. The molecule has 0 spiro atoms. The molecule has 0 amide bonds. The van der Waals surface area contributed by atoms with Crippen molar-refractivity contribution in [1.82, 2.24) is 0 Å². The number of epoxide rings is 2. The molecule has 9 heteroatoms. The van der Waals surface area contributed by atoms with E-state index in [1.807, 2.05) is 0 Å². The van der Waals surface area contributed by atoms with Gasteiger partial charge >= 0.3 is 17.6 Å². The smallest absolute Gasteiger partial charge is 0.341 e. The van der Waals surface area contributed by atoms with E-state index in [1.54, 1.807) is 59.7 Å². The predicted octanol–water partition coefficient (Wildman–Crippen LogP) is 2.81. The summed E-state index contributed by atoms with van der Waals surface area (Å²) in [5, 5.41) is 0.608. The van der Waals surface area contributed by atoms with Gasteiger partial charge in [-0.2, -0.15) is 0 Å². The average Bonchev–Trinajstić information content (AvgIpc) is 3.57. The number of hydrogen-bond donors (Lipinski definition) is 0. The highest BCUT2D eigenvalue weighted by Gasteiger charge is 2.61. The van der Waals surface area contributed by atoms with Crippen LogP contribution in [-0.2, 0) is 28.5 Å². The van der Waals surface area contributed by atoms with Crippen molar-refractivity contribution < 1.29 is 37.7 Å². The summed E-state index contributed by atoms with van der Waals surface area (Å²) in [5.41, 5.74) is -2.88. The van der Waals surface area contributed by atoms with Crippen molar-refractivity contribution in [2.75, 3.05) is 0 Å². The SMILES string of the molecule is C[C@H]1O[C@@]1(C)C(=O)O[C@@H]1c2cc3ccc(=O)oc3cc2OC(C)(C)[C@@H]1OC(=O)[C@@]1(C)O[C@@H]1C. The molecule has 1 aromatic carbocycles. The topological polar surface area (TPSA) is 117 Å². The highest BCUT2D eigenvalue weighted by atomic mass is 16.7. The maximum atomic E-state index is 13.0.